The molecule has 9 nitrogen and oxygen atoms in total. The molecule has 1 aliphatic heterocycles. The van der Waals surface area contributed by atoms with Crippen molar-refractivity contribution >= 4 is 51.2 Å². The van der Waals surface area contributed by atoms with Crippen LogP contribution in [-0.4, -0.2) is 22.7 Å². The summed E-state index contributed by atoms with van der Waals surface area (Å²) >= 11 is 3.31. The van der Waals surface area contributed by atoms with Crippen LogP contribution in [0.4, 0.5) is 11.4 Å². The highest BCUT2D eigenvalue weighted by Gasteiger charge is 2.25. The average molecular weight is 496 g/mol. The maximum absolute atomic E-state index is 12.2. The van der Waals surface area contributed by atoms with Gasteiger partial charge in [0.25, 0.3) is 5.69 Å². The summed E-state index contributed by atoms with van der Waals surface area (Å²) in [6.07, 6.45) is 1.45. The molecule has 2 aromatic carbocycles. The topological polar surface area (TPSA) is 124 Å². The molecule has 0 spiro atoms. The Balaban J connectivity index is 1.56. The van der Waals surface area contributed by atoms with Crippen LogP contribution in [-0.2, 0) is 14.3 Å². The molecule has 1 aliphatic rings. The number of non-ortho nitro benzene ring substituents is 1. The zero-order valence-electron chi connectivity index (χ0n) is 16.5. The lowest BCUT2D eigenvalue weighted by atomic mass is 10.1. The van der Waals surface area contributed by atoms with Crippen molar-refractivity contribution in [1.29, 1.82) is 0 Å². The number of rotatable bonds is 5. The minimum atomic E-state index is -0.625. The number of carbonyl (C=O) groups is 2. The quantitative estimate of drug-likeness (QED) is 0.232. The zero-order chi connectivity index (χ0) is 22.8. The van der Waals surface area contributed by atoms with Gasteiger partial charge in [0.2, 0.25) is 11.8 Å². The van der Waals surface area contributed by atoms with Gasteiger partial charge in [-0.3, -0.25) is 14.9 Å². The number of nitro benzene ring substituents is 1. The number of esters is 1. The van der Waals surface area contributed by atoms with Crippen molar-refractivity contribution in [3.05, 3.63) is 86.2 Å². The van der Waals surface area contributed by atoms with E-state index in [0.29, 0.717) is 32.8 Å². The van der Waals surface area contributed by atoms with E-state index in [9.17, 15) is 19.7 Å². The van der Waals surface area contributed by atoms with Crippen LogP contribution in [0.2, 0.25) is 0 Å². The Kier molecular flexibility index (Phi) is 5.69. The highest BCUT2D eigenvalue weighted by Crippen LogP contribution is 2.33. The lowest BCUT2D eigenvalue weighted by Gasteiger charge is -2.03. The van der Waals surface area contributed by atoms with Gasteiger partial charge >= 0.3 is 5.97 Å². The molecule has 0 fully saturated rings. The number of benzene rings is 2. The van der Waals surface area contributed by atoms with Gasteiger partial charge in [0.05, 0.1) is 4.92 Å². The third kappa shape index (κ3) is 4.49. The molecule has 0 saturated heterocycles. The van der Waals surface area contributed by atoms with E-state index in [1.165, 1.54) is 25.1 Å². The average Bonchev–Trinajstić information content (AvgIpc) is 3.35. The Morgan fingerprint density at radius 3 is 2.56 bits per heavy atom. The fourth-order valence-electron chi connectivity index (χ4n) is 2.96. The summed E-state index contributed by atoms with van der Waals surface area (Å²) < 4.78 is 11.5. The third-order valence-corrected chi connectivity index (χ3v) is 5.06. The van der Waals surface area contributed by atoms with Crippen LogP contribution in [0.3, 0.4) is 0 Å². The first-order valence-corrected chi connectivity index (χ1v) is 10.0. The van der Waals surface area contributed by atoms with Crippen molar-refractivity contribution in [2.45, 2.75) is 6.92 Å². The number of ether oxygens (including phenoxy) is 1. The van der Waals surface area contributed by atoms with Gasteiger partial charge < -0.3 is 14.5 Å². The summed E-state index contributed by atoms with van der Waals surface area (Å²) in [5.41, 5.74) is 1.83. The fourth-order valence-corrected chi connectivity index (χ4v) is 3.52. The fraction of sp³-hybridized carbons (Fsp3) is 0.0455. The summed E-state index contributed by atoms with van der Waals surface area (Å²) in [5, 5.41) is 13.6. The van der Waals surface area contributed by atoms with E-state index in [4.69, 9.17) is 9.15 Å². The molecule has 10 heteroatoms. The van der Waals surface area contributed by atoms with Gasteiger partial charge in [-0.1, -0.05) is 0 Å². The molecule has 0 bridgehead atoms. The number of hydrogen-bond acceptors (Lipinski definition) is 7. The Bertz CT molecular complexity index is 1310. The molecule has 1 aromatic heterocycles. The summed E-state index contributed by atoms with van der Waals surface area (Å²) in [6.45, 7) is 1.41. The lowest BCUT2D eigenvalue weighted by Crippen LogP contribution is -2.07. The molecule has 1 amide bonds. The number of cyclic esters (lactones) is 1. The SMILES string of the molecule is CC(=O)Nc1ccc(C2=N/C(=C/c3ccc(-c4ccc([N+](=O)[O-])cc4Br)o3)C(=O)O2)cc1. The molecule has 32 heavy (non-hydrogen) atoms. The van der Waals surface area contributed by atoms with Crippen molar-refractivity contribution in [2.75, 3.05) is 5.32 Å². The van der Waals surface area contributed by atoms with Crippen molar-refractivity contribution in [2.24, 2.45) is 4.99 Å². The van der Waals surface area contributed by atoms with Crippen LogP contribution in [0.5, 0.6) is 0 Å². The van der Waals surface area contributed by atoms with E-state index in [0.717, 1.165) is 0 Å². The minimum absolute atomic E-state index is 0.0461. The number of nitrogens with zero attached hydrogens (tertiary/aromatic N) is 2. The van der Waals surface area contributed by atoms with Gasteiger partial charge in [-0.2, -0.15) is 0 Å². The lowest BCUT2D eigenvalue weighted by molar-refractivity contribution is -0.384. The first kappa shape index (κ1) is 21.2. The Hall–Kier alpha value is -4.05. The normalized spacial score (nSPS) is 14.2. The molecule has 0 radical (unpaired) electrons. The van der Waals surface area contributed by atoms with Crippen LogP contribution in [0, 0.1) is 10.1 Å². The number of amides is 1. The second kappa shape index (κ2) is 8.60. The monoisotopic (exact) mass is 495 g/mol. The second-order valence-corrected chi connectivity index (χ2v) is 7.57. The number of furan rings is 1. The van der Waals surface area contributed by atoms with Gasteiger partial charge in [-0.05, 0) is 58.4 Å². The van der Waals surface area contributed by atoms with Crippen molar-refractivity contribution in [1.82, 2.24) is 0 Å². The van der Waals surface area contributed by atoms with Crippen LogP contribution < -0.4 is 5.32 Å². The molecule has 1 N–H and O–H groups in total. The molecular weight excluding hydrogens is 482 g/mol. The highest BCUT2D eigenvalue weighted by molar-refractivity contribution is 9.10. The van der Waals surface area contributed by atoms with Crippen LogP contribution in [0.25, 0.3) is 17.4 Å². The molecule has 3 aromatic rings. The third-order valence-electron chi connectivity index (χ3n) is 4.41. The number of nitro groups is 1. The molecule has 0 unspecified atom stereocenters. The predicted octanol–water partition coefficient (Wildman–Crippen LogP) is 4.92. The van der Waals surface area contributed by atoms with E-state index in [2.05, 4.69) is 26.2 Å². The highest BCUT2D eigenvalue weighted by atomic mass is 79.9. The van der Waals surface area contributed by atoms with E-state index in [1.807, 2.05) is 0 Å². The van der Waals surface area contributed by atoms with Crippen molar-refractivity contribution < 1.29 is 23.7 Å². The van der Waals surface area contributed by atoms with Gasteiger partial charge in [0.15, 0.2) is 5.70 Å². The number of aliphatic imine (C=N–C) groups is 1. The molecule has 0 atom stereocenters. The Labute approximate surface area is 189 Å². The van der Waals surface area contributed by atoms with E-state index < -0.39 is 10.9 Å². The smallest absolute Gasteiger partial charge is 0.363 e. The first-order chi connectivity index (χ1) is 15.3. The predicted molar refractivity (Wildman–Crippen MR) is 120 cm³/mol. The number of nitrogens with one attached hydrogen (secondary N) is 1. The van der Waals surface area contributed by atoms with Crippen LogP contribution >= 0.6 is 15.9 Å². The number of hydrogen-bond donors (Lipinski definition) is 1. The standard InChI is InChI=1S/C22H14BrN3O6/c1-12(27)24-14-4-2-13(3-5-14)21-25-19(22(28)32-21)11-16-7-9-20(31-16)17-8-6-15(26(29)30)10-18(17)23/h2-11H,1H3,(H,24,27)/b19-11+. The van der Waals surface area contributed by atoms with Gasteiger partial charge in [0.1, 0.15) is 11.5 Å². The van der Waals surface area contributed by atoms with E-state index >= 15 is 0 Å². The first-order valence-electron chi connectivity index (χ1n) is 9.25. The molecule has 0 aliphatic carbocycles. The van der Waals surface area contributed by atoms with Crippen LogP contribution in [0.15, 0.2) is 74.2 Å². The largest absolute Gasteiger partial charge is 0.457 e. The minimum Gasteiger partial charge on any atom is -0.457 e. The van der Waals surface area contributed by atoms with Gasteiger partial charge in [-0.25, -0.2) is 9.79 Å². The maximum atomic E-state index is 12.2. The van der Waals surface area contributed by atoms with Crippen LogP contribution in [0.1, 0.15) is 18.2 Å². The van der Waals surface area contributed by atoms with Gasteiger partial charge in [0, 0.05) is 46.4 Å². The zero-order valence-corrected chi connectivity index (χ0v) is 18.1. The number of anilines is 1. The molecule has 2 heterocycles. The summed E-state index contributed by atoms with van der Waals surface area (Å²) in [4.78, 5) is 38.0. The summed E-state index contributed by atoms with van der Waals surface area (Å²) in [6, 6.07) is 14.4. The Morgan fingerprint density at radius 1 is 1.16 bits per heavy atom. The van der Waals surface area contributed by atoms with Crippen molar-refractivity contribution in [3.63, 3.8) is 0 Å². The molecule has 4 rings (SSSR count). The van der Waals surface area contributed by atoms with Gasteiger partial charge in [-0.15, -0.1) is 0 Å². The maximum Gasteiger partial charge on any atom is 0.363 e. The Morgan fingerprint density at radius 2 is 1.91 bits per heavy atom. The van der Waals surface area contributed by atoms with E-state index in [1.54, 1.807) is 42.5 Å². The second-order valence-electron chi connectivity index (χ2n) is 6.72. The molecule has 0 saturated carbocycles. The molecular formula is C22H14BrN3O6. The summed E-state index contributed by atoms with van der Waals surface area (Å²) in [7, 11) is 0. The van der Waals surface area contributed by atoms with Crippen molar-refractivity contribution in [3.8, 4) is 11.3 Å². The number of halogens is 1. The summed E-state index contributed by atoms with van der Waals surface area (Å²) in [5.74, 6) is 0.151. The molecule has 160 valence electrons. The number of carbonyl (C=O) groups excluding carboxylic acids is 2. The van der Waals surface area contributed by atoms with E-state index in [-0.39, 0.29) is 23.2 Å².